The monoisotopic (exact) mass is 437 g/mol. The minimum absolute atomic E-state index is 0.0390. The van der Waals surface area contributed by atoms with Gasteiger partial charge < -0.3 is 15.2 Å². The lowest BCUT2D eigenvalue weighted by Crippen LogP contribution is -2.59. The van der Waals surface area contributed by atoms with Crippen LogP contribution in [-0.4, -0.2) is 34.8 Å². The predicted molar refractivity (Wildman–Crippen MR) is 124 cm³/mol. The number of hydrogen-bond donors (Lipinski definition) is 2. The minimum Gasteiger partial charge on any atom is -0.338 e. The van der Waals surface area contributed by atoms with Gasteiger partial charge in [0.25, 0.3) is 0 Å². The van der Waals surface area contributed by atoms with Gasteiger partial charge in [0.05, 0.1) is 5.69 Å². The van der Waals surface area contributed by atoms with E-state index in [0.717, 1.165) is 19.3 Å². The van der Waals surface area contributed by atoms with E-state index in [2.05, 4.69) is 30.2 Å². The SMILES string of the molecule is CN1C(=O)C=C[C@]2(C)[C@H]3CC[C@]4(C)[C@@H](CC(=O)Nc5ccc(=O)[nH]c5)CC[C@H]4[C@@H]3CC[C@@H]12. The van der Waals surface area contributed by atoms with E-state index in [1.54, 1.807) is 18.3 Å². The van der Waals surface area contributed by atoms with Gasteiger partial charge in [-0.25, -0.2) is 0 Å². The van der Waals surface area contributed by atoms with Crippen molar-refractivity contribution in [2.75, 3.05) is 12.4 Å². The quantitative estimate of drug-likeness (QED) is 0.751. The number of H-pyrrole nitrogens is 1. The Hall–Kier alpha value is -2.37. The van der Waals surface area contributed by atoms with Gasteiger partial charge >= 0.3 is 0 Å². The van der Waals surface area contributed by atoms with Gasteiger partial charge in [0.1, 0.15) is 0 Å². The first-order valence-electron chi connectivity index (χ1n) is 12.2. The van der Waals surface area contributed by atoms with E-state index in [4.69, 9.17) is 0 Å². The van der Waals surface area contributed by atoms with Crippen molar-refractivity contribution in [3.63, 3.8) is 0 Å². The second kappa shape index (κ2) is 7.60. The highest BCUT2D eigenvalue weighted by Gasteiger charge is 2.60. The van der Waals surface area contributed by atoms with Gasteiger partial charge in [-0.15, -0.1) is 0 Å². The summed E-state index contributed by atoms with van der Waals surface area (Å²) in [6.07, 6.45) is 13.0. The van der Waals surface area contributed by atoms with Crippen LogP contribution in [0.25, 0.3) is 0 Å². The molecule has 3 aliphatic carbocycles. The van der Waals surface area contributed by atoms with Gasteiger partial charge in [-0.2, -0.15) is 0 Å². The minimum atomic E-state index is -0.169. The van der Waals surface area contributed by atoms with Crippen LogP contribution in [0, 0.1) is 34.5 Å². The highest BCUT2D eigenvalue weighted by atomic mass is 16.2. The number of likely N-dealkylation sites (N-methyl/N-ethyl adjacent to an activating group) is 1. The summed E-state index contributed by atoms with van der Waals surface area (Å²) in [5.74, 6) is 2.51. The first-order valence-corrected chi connectivity index (χ1v) is 12.2. The molecule has 3 fully saturated rings. The number of aromatic amines is 1. The number of amides is 2. The Kier molecular flexibility index (Phi) is 5.10. The van der Waals surface area contributed by atoms with Crippen molar-refractivity contribution in [1.82, 2.24) is 9.88 Å². The number of carbonyl (C=O) groups is 2. The predicted octanol–water partition coefficient (Wildman–Crippen LogP) is 3.96. The van der Waals surface area contributed by atoms with Gasteiger partial charge in [0, 0.05) is 37.2 Å². The number of hydrogen-bond acceptors (Lipinski definition) is 3. The molecule has 0 unspecified atom stereocenters. The molecule has 6 heteroatoms. The second-order valence-electron chi connectivity index (χ2n) is 11.1. The molecule has 0 bridgehead atoms. The van der Waals surface area contributed by atoms with Gasteiger partial charge in [-0.05, 0) is 79.8 Å². The molecule has 0 aromatic carbocycles. The fraction of sp³-hybridized carbons (Fsp3) is 0.654. The van der Waals surface area contributed by atoms with E-state index < -0.39 is 0 Å². The summed E-state index contributed by atoms with van der Waals surface area (Å²) in [6, 6.07) is 3.40. The number of nitrogens with one attached hydrogen (secondary N) is 2. The van der Waals surface area contributed by atoms with Crippen molar-refractivity contribution in [3.8, 4) is 0 Å². The Bertz CT molecular complexity index is 995. The third-order valence-corrected chi connectivity index (χ3v) is 9.82. The first kappa shape index (κ1) is 21.5. The number of fused-ring (bicyclic) bond motifs is 5. The number of nitrogens with zero attached hydrogens (tertiary/aromatic N) is 1. The molecule has 5 rings (SSSR count). The molecule has 32 heavy (non-hydrogen) atoms. The summed E-state index contributed by atoms with van der Waals surface area (Å²) >= 11 is 0. The van der Waals surface area contributed by atoms with Crippen molar-refractivity contribution in [3.05, 3.63) is 40.8 Å². The van der Waals surface area contributed by atoms with Crippen LogP contribution in [0.3, 0.4) is 0 Å². The summed E-state index contributed by atoms with van der Waals surface area (Å²) in [6.45, 7) is 4.81. The number of carbonyl (C=O) groups excluding carboxylic acids is 2. The summed E-state index contributed by atoms with van der Waals surface area (Å²) in [4.78, 5) is 40.9. The lowest BCUT2D eigenvalue weighted by atomic mass is 9.47. The molecule has 7 atom stereocenters. The van der Waals surface area contributed by atoms with E-state index in [1.807, 2.05) is 11.9 Å². The van der Waals surface area contributed by atoms with Crippen molar-refractivity contribution in [1.29, 1.82) is 0 Å². The van der Waals surface area contributed by atoms with Crippen LogP contribution >= 0.6 is 0 Å². The normalized spacial score (nSPS) is 40.4. The molecule has 2 amide bonds. The third kappa shape index (κ3) is 3.25. The first-order chi connectivity index (χ1) is 15.2. The Morgan fingerprint density at radius 2 is 1.94 bits per heavy atom. The lowest BCUT2D eigenvalue weighted by molar-refractivity contribution is -0.139. The Labute approximate surface area is 189 Å². The molecule has 172 valence electrons. The molecular weight excluding hydrogens is 402 g/mol. The van der Waals surface area contributed by atoms with Gasteiger partial charge in [0.2, 0.25) is 17.4 Å². The van der Waals surface area contributed by atoms with E-state index in [1.165, 1.54) is 25.3 Å². The molecule has 3 saturated carbocycles. The maximum atomic E-state index is 12.8. The van der Waals surface area contributed by atoms with E-state index in [-0.39, 0.29) is 28.2 Å². The molecular formula is C26H35N3O3. The Morgan fingerprint density at radius 1 is 1.12 bits per heavy atom. The van der Waals surface area contributed by atoms with Crippen molar-refractivity contribution in [2.24, 2.45) is 34.5 Å². The maximum absolute atomic E-state index is 12.8. The van der Waals surface area contributed by atoms with Crippen LogP contribution in [0.1, 0.15) is 58.8 Å². The Morgan fingerprint density at radius 3 is 2.69 bits per heavy atom. The van der Waals surface area contributed by atoms with Crippen LogP contribution in [0.4, 0.5) is 5.69 Å². The van der Waals surface area contributed by atoms with Crippen LogP contribution in [0.2, 0.25) is 0 Å². The van der Waals surface area contributed by atoms with Crippen LogP contribution < -0.4 is 10.9 Å². The van der Waals surface area contributed by atoms with E-state index in [9.17, 15) is 14.4 Å². The summed E-state index contributed by atoms with van der Waals surface area (Å²) in [7, 11) is 1.97. The molecule has 1 aromatic rings. The van der Waals surface area contributed by atoms with Crippen molar-refractivity contribution >= 4 is 17.5 Å². The molecule has 1 aromatic heterocycles. The molecule has 2 heterocycles. The summed E-state index contributed by atoms with van der Waals surface area (Å²) in [5.41, 5.74) is 0.740. The zero-order chi connectivity index (χ0) is 22.7. The second-order valence-corrected chi connectivity index (χ2v) is 11.1. The fourth-order valence-electron chi connectivity index (χ4n) is 8.11. The van der Waals surface area contributed by atoms with Crippen LogP contribution in [-0.2, 0) is 9.59 Å². The average molecular weight is 438 g/mol. The maximum Gasteiger partial charge on any atom is 0.248 e. The molecule has 2 N–H and O–H groups in total. The van der Waals surface area contributed by atoms with Gasteiger partial charge in [-0.1, -0.05) is 19.9 Å². The van der Waals surface area contributed by atoms with E-state index in [0.29, 0.717) is 41.8 Å². The highest BCUT2D eigenvalue weighted by Crippen LogP contribution is 2.65. The largest absolute Gasteiger partial charge is 0.338 e. The molecule has 0 spiro atoms. The summed E-state index contributed by atoms with van der Waals surface area (Å²) < 4.78 is 0. The fourth-order valence-corrected chi connectivity index (χ4v) is 8.11. The summed E-state index contributed by atoms with van der Waals surface area (Å²) in [5, 5.41) is 2.96. The smallest absolute Gasteiger partial charge is 0.248 e. The average Bonchev–Trinajstić information content (AvgIpc) is 3.09. The third-order valence-electron chi connectivity index (χ3n) is 9.82. The lowest BCUT2D eigenvalue weighted by Gasteiger charge is -2.60. The van der Waals surface area contributed by atoms with Gasteiger partial charge in [0.15, 0.2) is 0 Å². The molecule has 0 radical (unpaired) electrons. The molecule has 4 aliphatic rings. The highest BCUT2D eigenvalue weighted by molar-refractivity contribution is 5.90. The zero-order valence-electron chi connectivity index (χ0n) is 19.4. The molecule has 6 nitrogen and oxygen atoms in total. The standard InChI is InChI=1S/C26H35N3O3/c1-25-12-10-20-18(6-8-21-26(20,2)13-11-24(32)29(21)3)19(25)7-4-16(25)14-23(31)28-17-5-9-22(30)27-15-17/h5,9,11,13,15-16,18-21H,4,6-8,10,12,14H2,1-3H3,(H,27,30)(H,28,31)/t16-,18+,19+,20+,21-,25-,26-/m1/s1. The number of pyridine rings is 1. The van der Waals surface area contributed by atoms with Crippen molar-refractivity contribution in [2.45, 2.75) is 64.8 Å². The van der Waals surface area contributed by atoms with Crippen LogP contribution in [0.5, 0.6) is 0 Å². The number of aromatic nitrogens is 1. The van der Waals surface area contributed by atoms with Crippen LogP contribution in [0.15, 0.2) is 35.3 Å². The zero-order valence-corrected chi connectivity index (χ0v) is 19.4. The topological polar surface area (TPSA) is 82.3 Å². The Balaban J connectivity index is 1.31. The van der Waals surface area contributed by atoms with E-state index >= 15 is 0 Å². The number of rotatable bonds is 3. The van der Waals surface area contributed by atoms with Crippen molar-refractivity contribution < 1.29 is 9.59 Å². The van der Waals surface area contributed by atoms with Gasteiger partial charge in [-0.3, -0.25) is 14.4 Å². The number of anilines is 1. The molecule has 1 aliphatic heterocycles. The molecule has 0 saturated heterocycles.